The second-order valence-electron chi connectivity index (χ2n) is 5.84. The van der Waals surface area contributed by atoms with Crippen molar-refractivity contribution in [1.29, 1.82) is 0 Å². The lowest BCUT2D eigenvalue weighted by molar-refractivity contribution is 0.0698. The number of aromatic carboxylic acids is 1. The van der Waals surface area contributed by atoms with E-state index in [0.717, 1.165) is 6.42 Å². The molecule has 1 aliphatic rings. The van der Waals surface area contributed by atoms with Crippen molar-refractivity contribution in [3.05, 3.63) is 44.5 Å². The lowest BCUT2D eigenvalue weighted by Gasteiger charge is -2.13. The van der Waals surface area contributed by atoms with E-state index in [4.69, 9.17) is 0 Å². The van der Waals surface area contributed by atoms with Crippen molar-refractivity contribution < 1.29 is 9.90 Å². The average molecular weight is 274 g/mol. The highest BCUT2D eigenvalue weighted by atomic mass is 16.4. The number of carboxylic acids is 1. The number of carbonyl (C=O) groups is 1. The Morgan fingerprint density at radius 2 is 2.05 bits per heavy atom. The number of hydrogen-bond donors (Lipinski definition) is 2. The smallest absolute Gasteiger partial charge is 0.337 e. The molecule has 0 saturated heterocycles. The summed E-state index contributed by atoms with van der Waals surface area (Å²) in [4.78, 5) is 37.7. The highest BCUT2D eigenvalue weighted by Gasteiger charge is 2.48. The van der Waals surface area contributed by atoms with Crippen LogP contribution in [0.25, 0.3) is 11.0 Å². The molecular formula is C14H14N2O4. The molecule has 0 spiro atoms. The van der Waals surface area contributed by atoms with Crippen LogP contribution >= 0.6 is 0 Å². The van der Waals surface area contributed by atoms with Crippen molar-refractivity contribution in [2.75, 3.05) is 0 Å². The van der Waals surface area contributed by atoms with E-state index in [9.17, 15) is 19.5 Å². The first-order valence-electron chi connectivity index (χ1n) is 6.34. The molecule has 0 radical (unpaired) electrons. The Labute approximate surface area is 113 Å². The van der Waals surface area contributed by atoms with Gasteiger partial charge in [0.1, 0.15) is 0 Å². The summed E-state index contributed by atoms with van der Waals surface area (Å²) in [5.41, 5.74) is -0.823. The molecule has 0 bridgehead atoms. The molecule has 1 aliphatic carbocycles. The number of aromatic amines is 1. The van der Waals surface area contributed by atoms with Gasteiger partial charge in [-0.2, -0.15) is 0 Å². The van der Waals surface area contributed by atoms with Crippen LogP contribution in [-0.4, -0.2) is 20.6 Å². The van der Waals surface area contributed by atoms with Crippen LogP contribution in [0.3, 0.4) is 0 Å². The normalized spacial score (nSPS) is 20.0. The molecule has 1 saturated carbocycles. The van der Waals surface area contributed by atoms with Gasteiger partial charge in [0, 0.05) is 6.04 Å². The molecule has 20 heavy (non-hydrogen) atoms. The van der Waals surface area contributed by atoms with Gasteiger partial charge in [0.15, 0.2) is 0 Å². The second kappa shape index (κ2) is 3.82. The quantitative estimate of drug-likeness (QED) is 0.809. The monoisotopic (exact) mass is 274 g/mol. The Bertz CT molecular complexity index is 844. The molecule has 0 aliphatic heterocycles. The van der Waals surface area contributed by atoms with E-state index >= 15 is 0 Å². The Morgan fingerprint density at radius 3 is 2.60 bits per heavy atom. The summed E-state index contributed by atoms with van der Waals surface area (Å²) in [6.45, 7) is 3.97. The number of aromatic nitrogens is 2. The maximum Gasteiger partial charge on any atom is 0.337 e. The number of benzene rings is 1. The van der Waals surface area contributed by atoms with Gasteiger partial charge in [-0.25, -0.2) is 4.79 Å². The molecule has 3 rings (SSSR count). The number of fused-ring (bicyclic) bond motifs is 1. The minimum Gasteiger partial charge on any atom is -0.478 e. The van der Waals surface area contributed by atoms with Crippen molar-refractivity contribution >= 4 is 17.0 Å². The van der Waals surface area contributed by atoms with Crippen LogP contribution in [0.2, 0.25) is 0 Å². The SMILES string of the molecule is CC1(C)CC1n1c(=O)c(=O)[nH]c2cccc(C(=O)O)c21. The molecule has 1 atom stereocenters. The third kappa shape index (κ3) is 1.68. The van der Waals surface area contributed by atoms with Gasteiger partial charge in [-0.3, -0.25) is 14.2 Å². The van der Waals surface area contributed by atoms with Gasteiger partial charge in [0.05, 0.1) is 16.6 Å². The Balaban J connectivity index is 2.47. The zero-order valence-corrected chi connectivity index (χ0v) is 11.1. The van der Waals surface area contributed by atoms with E-state index in [1.54, 1.807) is 12.1 Å². The molecule has 1 aromatic carbocycles. The molecule has 1 aromatic heterocycles. The molecule has 6 nitrogen and oxygen atoms in total. The third-order valence-corrected chi connectivity index (χ3v) is 3.94. The van der Waals surface area contributed by atoms with E-state index in [0.29, 0.717) is 11.0 Å². The lowest BCUT2D eigenvalue weighted by atomic mass is 10.1. The van der Waals surface area contributed by atoms with Crippen molar-refractivity contribution in [2.45, 2.75) is 26.3 Å². The summed E-state index contributed by atoms with van der Waals surface area (Å²) in [6, 6.07) is 4.46. The Kier molecular flexibility index (Phi) is 2.41. The first kappa shape index (κ1) is 12.7. The Hall–Kier alpha value is -2.37. The predicted molar refractivity (Wildman–Crippen MR) is 73.2 cm³/mol. The summed E-state index contributed by atoms with van der Waals surface area (Å²) in [6.07, 6.45) is 0.749. The maximum atomic E-state index is 12.2. The molecule has 0 amide bonds. The summed E-state index contributed by atoms with van der Waals surface area (Å²) < 4.78 is 1.34. The van der Waals surface area contributed by atoms with Gasteiger partial charge >= 0.3 is 17.1 Å². The van der Waals surface area contributed by atoms with E-state index < -0.39 is 17.1 Å². The zero-order valence-electron chi connectivity index (χ0n) is 11.1. The fourth-order valence-corrected chi connectivity index (χ4v) is 2.64. The topological polar surface area (TPSA) is 92.2 Å². The summed E-state index contributed by atoms with van der Waals surface area (Å²) in [5, 5.41) is 9.29. The zero-order chi connectivity index (χ0) is 14.7. The fraction of sp³-hybridized carbons (Fsp3) is 0.357. The molecular weight excluding hydrogens is 260 g/mol. The van der Waals surface area contributed by atoms with Crippen molar-refractivity contribution in [2.24, 2.45) is 5.41 Å². The lowest BCUT2D eigenvalue weighted by Crippen LogP contribution is -2.37. The number of hydrogen-bond acceptors (Lipinski definition) is 3. The first-order valence-corrected chi connectivity index (χ1v) is 6.34. The molecule has 2 N–H and O–H groups in total. The molecule has 104 valence electrons. The molecule has 2 aromatic rings. The number of carboxylic acid groups (broad SMARTS) is 1. The predicted octanol–water partition coefficient (Wildman–Crippen LogP) is 1.36. The van der Waals surface area contributed by atoms with Gasteiger partial charge < -0.3 is 10.1 Å². The minimum absolute atomic E-state index is 0.0264. The summed E-state index contributed by atoms with van der Waals surface area (Å²) in [7, 11) is 0. The number of H-pyrrole nitrogens is 1. The van der Waals surface area contributed by atoms with Crippen LogP contribution in [0.15, 0.2) is 27.8 Å². The molecule has 1 unspecified atom stereocenters. The van der Waals surface area contributed by atoms with Gasteiger partial charge in [-0.1, -0.05) is 19.9 Å². The van der Waals surface area contributed by atoms with E-state index in [2.05, 4.69) is 4.98 Å². The highest BCUT2D eigenvalue weighted by molar-refractivity contribution is 6.00. The number of rotatable bonds is 2. The minimum atomic E-state index is -1.12. The van der Waals surface area contributed by atoms with Crippen molar-refractivity contribution in [3.8, 4) is 0 Å². The van der Waals surface area contributed by atoms with Crippen LogP contribution in [0.1, 0.15) is 36.7 Å². The average Bonchev–Trinajstić information content (AvgIpc) is 2.98. The van der Waals surface area contributed by atoms with E-state index in [1.165, 1.54) is 10.6 Å². The maximum absolute atomic E-state index is 12.2. The first-order chi connectivity index (χ1) is 9.33. The highest BCUT2D eigenvalue weighted by Crippen LogP contribution is 2.55. The Morgan fingerprint density at radius 1 is 1.40 bits per heavy atom. The number of nitrogens with one attached hydrogen (secondary N) is 1. The van der Waals surface area contributed by atoms with Crippen LogP contribution in [-0.2, 0) is 0 Å². The largest absolute Gasteiger partial charge is 0.478 e. The standard InChI is InChI=1S/C14H14N2O4/c1-14(2)6-9(14)16-10-7(13(19)20)4-3-5-8(10)15-11(17)12(16)18/h3-5,9H,6H2,1-2H3,(H,15,17)(H,19,20). The summed E-state index contributed by atoms with van der Waals surface area (Å²) >= 11 is 0. The van der Waals surface area contributed by atoms with Gasteiger partial charge in [0.25, 0.3) is 0 Å². The van der Waals surface area contributed by atoms with Crippen LogP contribution in [0.4, 0.5) is 0 Å². The van der Waals surface area contributed by atoms with Gasteiger partial charge in [-0.15, -0.1) is 0 Å². The van der Waals surface area contributed by atoms with Gasteiger partial charge in [-0.05, 0) is 24.0 Å². The van der Waals surface area contributed by atoms with Crippen molar-refractivity contribution in [3.63, 3.8) is 0 Å². The molecule has 6 heteroatoms. The number of nitrogens with zero attached hydrogens (tertiary/aromatic N) is 1. The fourth-order valence-electron chi connectivity index (χ4n) is 2.64. The molecule has 1 heterocycles. The number of para-hydroxylation sites is 1. The van der Waals surface area contributed by atoms with E-state index in [-0.39, 0.29) is 17.0 Å². The van der Waals surface area contributed by atoms with Gasteiger partial charge in [0.2, 0.25) is 0 Å². The van der Waals surface area contributed by atoms with Crippen LogP contribution in [0.5, 0.6) is 0 Å². The third-order valence-electron chi connectivity index (χ3n) is 3.94. The van der Waals surface area contributed by atoms with Crippen molar-refractivity contribution in [1.82, 2.24) is 9.55 Å². The summed E-state index contributed by atoms with van der Waals surface area (Å²) in [5.74, 6) is -1.12. The molecule has 1 fully saturated rings. The van der Waals surface area contributed by atoms with E-state index in [1.807, 2.05) is 13.8 Å². The second-order valence-corrected chi connectivity index (χ2v) is 5.84. The van der Waals surface area contributed by atoms with Crippen LogP contribution < -0.4 is 11.1 Å². The van der Waals surface area contributed by atoms with Crippen LogP contribution in [0, 0.1) is 5.41 Å².